The summed E-state index contributed by atoms with van der Waals surface area (Å²) in [4.78, 5) is 0. The van der Waals surface area contributed by atoms with E-state index in [1.165, 1.54) is 4.31 Å². The van der Waals surface area contributed by atoms with Gasteiger partial charge in [0.1, 0.15) is 6.04 Å². The molecule has 1 heterocycles. The van der Waals surface area contributed by atoms with Crippen LogP contribution in [0.15, 0.2) is 24.3 Å². The van der Waals surface area contributed by atoms with Crippen LogP contribution in [-0.4, -0.2) is 25.3 Å². The minimum Gasteiger partial charge on any atom is -0.212 e. The predicted molar refractivity (Wildman–Crippen MR) is 69.1 cm³/mol. The van der Waals surface area contributed by atoms with Crippen molar-refractivity contribution < 1.29 is 8.42 Å². The second-order valence-electron chi connectivity index (χ2n) is 4.46. The molecule has 1 aliphatic rings. The topological polar surface area (TPSA) is 85.0 Å². The van der Waals surface area contributed by atoms with Crippen molar-refractivity contribution in [3.8, 4) is 12.1 Å². The minimum atomic E-state index is -3.47. The second kappa shape index (κ2) is 5.40. The quantitative estimate of drug-likeness (QED) is 0.834. The van der Waals surface area contributed by atoms with Gasteiger partial charge in [-0.25, -0.2) is 8.42 Å². The third-order valence-corrected chi connectivity index (χ3v) is 4.99. The van der Waals surface area contributed by atoms with E-state index >= 15 is 0 Å². The molecule has 19 heavy (non-hydrogen) atoms. The van der Waals surface area contributed by atoms with Crippen molar-refractivity contribution in [3.05, 3.63) is 35.4 Å². The van der Waals surface area contributed by atoms with E-state index in [-0.39, 0.29) is 5.75 Å². The van der Waals surface area contributed by atoms with Crippen LogP contribution in [-0.2, 0) is 15.8 Å². The lowest BCUT2D eigenvalue weighted by Gasteiger charge is -2.19. The molecule has 0 N–H and O–H groups in total. The van der Waals surface area contributed by atoms with Crippen LogP contribution in [0.1, 0.15) is 24.0 Å². The van der Waals surface area contributed by atoms with E-state index in [0.29, 0.717) is 24.1 Å². The van der Waals surface area contributed by atoms with Crippen LogP contribution in [0.4, 0.5) is 0 Å². The molecule has 0 radical (unpaired) electrons. The van der Waals surface area contributed by atoms with Crippen molar-refractivity contribution >= 4 is 10.0 Å². The Morgan fingerprint density at radius 1 is 1.26 bits per heavy atom. The summed E-state index contributed by atoms with van der Waals surface area (Å²) in [5.74, 6) is -0.128. The van der Waals surface area contributed by atoms with E-state index in [0.717, 1.165) is 6.42 Å². The Morgan fingerprint density at radius 2 is 1.95 bits per heavy atom. The molecule has 1 aromatic rings. The van der Waals surface area contributed by atoms with Gasteiger partial charge in [0.15, 0.2) is 0 Å². The Labute approximate surface area is 112 Å². The summed E-state index contributed by atoms with van der Waals surface area (Å²) in [6.45, 7) is 0.414. The third kappa shape index (κ3) is 2.93. The fourth-order valence-electron chi connectivity index (χ4n) is 2.17. The molecule has 0 aromatic heterocycles. The van der Waals surface area contributed by atoms with Gasteiger partial charge in [0.05, 0.1) is 23.5 Å². The molecule has 0 amide bonds. The lowest BCUT2D eigenvalue weighted by Crippen LogP contribution is -2.35. The first-order chi connectivity index (χ1) is 9.06. The van der Waals surface area contributed by atoms with E-state index < -0.39 is 16.1 Å². The van der Waals surface area contributed by atoms with Crippen molar-refractivity contribution in [2.75, 3.05) is 6.54 Å². The third-order valence-electron chi connectivity index (χ3n) is 3.14. The van der Waals surface area contributed by atoms with Gasteiger partial charge < -0.3 is 0 Å². The van der Waals surface area contributed by atoms with Crippen LogP contribution >= 0.6 is 0 Å². The highest BCUT2D eigenvalue weighted by Crippen LogP contribution is 2.23. The lowest BCUT2D eigenvalue weighted by molar-refractivity contribution is 0.437. The van der Waals surface area contributed by atoms with Gasteiger partial charge >= 0.3 is 0 Å². The molecule has 0 spiro atoms. The van der Waals surface area contributed by atoms with Crippen molar-refractivity contribution in [2.45, 2.75) is 24.6 Å². The van der Waals surface area contributed by atoms with Gasteiger partial charge in [0, 0.05) is 6.54 Å². The fourth-order valence-corrected chi connectivity index (χ4v) is 3.90. The number of sulfonamides is 1. The Morgan fingerprint density at radius 3 is 2.53 bits per heavy atom. The SMILES string of the molecule is N#Cc1ccc(CS(=O)(=O)N2CCCC2C#N)cc1. The molecule has 2 rings (SSSR count). The maximum absolute atomic E-state index is 12.2. The van der Waals surface area contributed by atoms with E-state index in [4.69, 9.17) is 10.5 Å². The number of rotatable bonds is 3. The van der Waals surface area contributed by atoms with Crippen LogP contribution < -0.4 is 0 Å². The molecule has 0 saturated carbocycles. The number of nitrogens with zero attached hydrogens (tertiary/aromatic N) is 3. The van der Waals surface area contributed by atoms with Crippen molar-refractivity contribution in [2.24, 2.45) is 0 Å². The van der Waals surface area contributed by atoms with Crippen LogP contribution in [0.3, 0.4) is 0 Å². The Bertz CT molecular complexity index is 638. The summed E-state index contributed by atoms with van der Waals surface area (Å²) in [7, 11) is -3.47. The zero-order valence-corrected chi connectivity index (χ0v) is 11.1. The van der Waals surface area contributed by atoms with Gasteiger partial charge in [-0.15, -0.1) is 0 Å². The zero-order chi connectivity index (χ0) is 13.9. The normalized spacial score (nSPS) is 19.8. The fraction of sp³-hybridized carbons (Fsp3) is 0.385. The van der Waals surface area contributed by atoms with Gasteiger partial charge in [-0.1, -0.05) is 12.1 Å². The Kier molecular flexibility index (Phi) is 3.84. The van der Waals surface area contributed by atoms with Crippen LogP contribution in [0.2, 0.25) is 0 Å². The highest BCUT2D eigenvalue weighted by atomic mass is 32.2. The molecule has 1 saturated heterocycles. The van der Waals surface area contributed by atoms with Crippen molar-refractivity contribution in [1.29, 1.82) is 10.5 Å². The van der Waals surface area contributed by atoms with Gasteiger partial charge in [-0.2, -0.15) is 14.8 Å². The van der Waals surface area contributed by atoms with Crippen LogP contribution in [0, 0.1) is 22.7 Å². The summed E-state index contributed by atoms with van der Waals surface area (Å²) >= 11 is 0. The van der Waals surface area contributed by atoms with Crippen molar-refractivity contribution in [3.63, 3.8) is 0 Å². The molecule has 98 valence electrons. The zero-order valence-electron chi connectivity index (χ0n) is 10.3. The molecule has 1 atom stereocenters. The maximum Gasteiger partial charge on any atom is 0.219 e. The molecule has 1 aromatic carbocycles. The molecule has 1 aliphatic heterocycles. The minimum absolute atomic E-state index is 0.128. The summed E-state index contributed by atoms with van der Waals surface area (Å²) < 4.78 is 25.8. The first-order valence-electron chi connectivity index (χ1n) is 5.95. The first-order valence-corrected chi connectivity index (χ1v) is 7.56. The van der Waals surface area contributed by atoms with E-state index in [1.807, 2.05) is 12.1 Å². The average Bonchev–Trinajstić information content (AvgIpc) is 2.88. The molecule has 5 nitrogen and oxygen atoms in total. The number of hydrogen-bond donors (Lipinski definition) is 0. The van der Waals surface area contributed by atoms with Crippen molar-refractivity contribution in [1.82, 2.24) is 4.31 Å². The molecule has 6 heteroatoms. The van der Waals surface area contributed by atoms with Gasteiger partial charge in [0.25, 0.3) is 0 Å². The van der Waals surface area contributed by atoms with E-state index in [1.54, 1.807) is 24.3 Å². The van der Waals surface area contributed by atoms with Crippen LogP contribution in [0.25, 0.3) is 0 Å². The molecular weight excluding hydrogens is 262 g/mol. The molecular formula is C13H13N3O2S. The number of nitriles is 2. The predicted octanol–water partition coefficient (Wildman–Crippen LogP) is 1.38. The van der Waals surface area contributed by atoms with Gasteiger partial charge in [-0.05, 0) is 30.5 Å². The Balaban J connectivity index is 2.17. The largest absolute Gasteiger partial charge is 0.219 e. The Hall–Kier alpha value is -1.89. The molecule has 0 aliphatic carbocycles. The van der Waals surface area contributed by atoms with E-state index in [9.17, 15) is 8.42 Å². The van der Waals surface area contributed by atoms with Gasteiger partial charge in [0.2, 0.25) is 10.0 Å². The number of benzene rings is 1. The average molecular weight is 275 g/mol. The van der Waals surface area contributed by atoms with E-state index in [2.05, 4.69) is 0 Å². The van der Waals surface area contributed by atoms with Gasteiger partial charge in [-0.3, -0.25) is 0 Å². The summed E-state index contributed by atoms with van der Waals surface area (Å²) in [6, 6.07) is 9.93. The smallest absolute Gasteiger partial charge is 0.212 e. The molecule has 1 fully saturated rings. The number of hydrogen-bond acceptors (Lipinski definition) is 4. The maximum atomic E-state index is 12.2. The molecule has 1 unspecified atom stereocenters. The molecule has 0 bridgehead atoms. The highest BCUT2D eigenvalue weighted by molar-refractivity contribution is 7.88. The first kappa shape index (κ1) is 13.5. The summed E-state index contributed by atoms with van der Waals surface area (Å²) in [5, 5.41) is 17.6. The van der Waals surface area contributed by atoms with Crippen LogP contribution in [0.5, 0.6) is 0 Å². The second-order valence-corrected chi connectivity index (χ2v) is 6.38. The summed E-state index contributed by atoms with van der Waals surface area (Å²) in [5.41, 5.74) is 1.12. The summed E-state index contributed by atoms with van der Waals surface area (Å²) in [6.07, 6.45) is 1.33. The highest BCUT2D eigenvalue weighted by Gasteiger charge is 2.34. The standard InChI is InChI=1S/C13H13N3O2S/c14-8-11-3-5-12(6-4-11)10-19(17,18)16-7-1-2-13(16)9-15/h3-6,13H,1-2,7,10H2. The lowest BCUT2D eigenvalue weighted by atomic mass is 10.2. The monoisotopic (exact) mass is 275 g/mol.